The van der Waals surface area contributed by atoms with E-state index in [1.54, 1.807) is 6.07 Å². The van der Waals surface area contributed by atoms with Gasteiger partial charge in [0.25, 0.3) is 0 Å². The molecule has 4 aromatic carbocycles. The smallest absolute Gasteiger partial charge is 0.123 e. The Morgan fingerprint density at radius 1 is 0.600 bits per heavy atom. The number of hydrogen-bond donors (Lipinski definition) is 1. The first kappa shape index (κ1) is 23.3. The number of epoxide rings is 2. The molecule has 4 aromatic rings. The molecule has 0 saturated carbocycles. The summed E-state index contributed by atoms with van der Waals surface area (Å²) in [4.78, 5) is 0. The summed E-state index contributed by atoms with van der Waals surface area (Å²) in [7, 11) is 0. The predicted octanol–water partition coefficient (Wildman–Crippen LogP) is 6.12. The molecule has 7 rings (SSSR count). The maximum Gasteiger partial charge on any atom is 0.123 e. The average molecular weight is 467 g/mol. The molecule has 2 aliphatic heterocycles. The molecule has 3 aliphatic rings. The van der Waals surface area contributed by atoms with Crippen molar-refractivity contribution in [1.82, 2.24) is 0 Å². The van der Waals surface area contributed by atoms with Crippen LogP contribution in [0.2, 0.25) is 0 Å². The molecule has 0 radical (unpaired) electrons. The third-order valence-corrected chi connectivity index (χ3v) is 6.11. The second kappa shape index (κ2) is 11.3. The highest BCUT2D eigenvalue weighted by Crippen LogP contribution is 2.35. The van der Waals surface area contributed by atoms with Crippen molar-refractivity contribution in [3.05, 3.63) is 114 Å². The molecule has 4 heteroatoms. The zero-order chi connectivity index (χ0) is 23.9. The average Bonchev–Trinajstić information content (AvgIpc) is 3.85. The minimum Gasteiger partial charge on any atom is -0.507 e. The molecule has 178 valence electrons. The molecule has 1 N–H and O–H groups in total. The van der Waals surface area contributed by atoms with Crippen LogP contribution in [0.15, 0.2) is 103 Å². The Hall–Kier alpha value is -3.44. The Labute approximate surface area is 206 Å². The summed E-state index contributed by atoms with van der Waals surface area (Å²) in [5.41, 5.74) is 7.67. The van der Waals surface area contributed by atoms with E-state index < -0.39 is 0 Å². The highest BCUT2D eigenvalue weighted by atomic mass is 16.6. The van der Waals surface area contributed by atoms with Gasteiger partial charge in [-0.25, -0.2) is 0 Å². The van der Waals surface area contributed by atoms with Crippen LogP contribution in [-0.2, 0) is 20.6 Å². The zero-order valence-electron chi connectivity index (χ0n) is 19.7. The lowest BCUT2D eigenvalue weighted by atomic mass is 10.1. The summed E-state index contributed by atoms with van der Waals surface area (Å²) in [6.45, 7) is 3.26. The van der Waals surface area contributed by atoms with Crippen LogP contribution in [-0.4, -0.2) is 43.7 Å². The highest BCUT2D eigenvalue weighted by molar-refractivity contribution is 5.76. The van der Waals surface area contributed by atoms with Gasteiger partial charge in [-0.3, -0.25) is 0 Å². The molecule has 0 amide bonds. The molecule has 2 heterocycles. The number of phenolic OH excluding ortho intramolecular Hbond substituents is 1. The van der Waals surface area contributed by atoms with Crippen LogP contribution in [0, 0.1) is 0 Å². The summed E-state index contributed by atoms with van der Waals surface area (Å²) < 4.78 is 15.1. The Balaban J connectivity index is 0.000000111. The van der Waals surface area contributed by atoms with Crippen molar-refractivity contribution < 1.29 is 19.3 Å². The maximum absolute atomic E-state index is 9.56. The fourth-order valence-corrected chi connectivity index (χ4v) is 4.07. The minimum absolute atomic E-state index is 0.328. The number of rotatable bonds is 5. The summed E-state index contributed by atoms with van der Waals surface area (Å²) in [5.74, 6) is 0.328. The van der Waals surface area contributed by atoms with Crippen molar-refractivity contribution in [2.24, 2.45) is 0 Å². The number of ether oxygens (including phenoxy) is 3. The summed E-state index contributed by atoms with van der Waals surface area (Å²) in [6, 6.07) is 34.5. The molecule has 2 saturated heterocycles. The molecule has 35 heavy (non-hydrogen) atoms. The van der Waals surface area contributed by atoms with Crippen LogP contribution in [0.5, 0.6) is 5.75 Å². The van der Waals surface area contributed by atoms with Gasteiger partial charge in [-0.2, -0.15) is 0 Å². The normalized spacial score (nSPS) is 18.2. The molecule has 4 nitrogen and oxygen atoms in total. The fraction of sp³-hybridized carbons (Fsp3) is 0.226. The SMILES string of the molecule is C(OCC1CO1)C1CO1.Oc1ccccc1-c1ccccc1.c1ccc2c(c1)Cc1ccccc1-2. The van der Waals surface area contributed by atoms with E-state index in [-0.39, 0.29) is 0 Å². The number of phenols is 1. The van der Waals surface area contributed by atoms with Gasteiger partial charge in [-0.05, 0) is 40.3 Å². The third kappa shape index (κ3) is 6.58. The first-order valence-electron chi connectivity index (χ1n) is 12.1. The standard InChI is InChI=1S/C13H10.C12H10O.C6H10O3/c1-3-7-12-10(5-1)9-11-6-2-4-8-13(11)12;13-12-9-5-4-8-11(12)10-6-2-1-3-7-10;1(5-3-8-5)7-2-6-4-9-6/h1-8H,9H2;1-9,13H;5-6H,1-4H2. The van der Waals surface area contributed by atoms with Gasteiger partial charge in [-0.1, -0.05) is 97.1 Å². The lowest BCUT2D eigenvalue weighted by Crippen LogP contribution is -2.06. The molecule has 0 bridgehead atoms. The number of hydrogen-bond acceptors (Lipinski definition) is 4. The van der Waals surface area contributed by atoms with Crippen LogP contribution >= 0.6 is 0 Å². The topological polar surface area (TPSA) is 54.5 Å². The lowest BCUT2D eigenvalue weighted by molar-refractivity contribution is 0.102. The van der Waals surface area contributed by atoms with Crippen molar-refractivity contribution in [1.29, 1.82) is 0 Å². The maximum atomic E-state index is 9.56. The molecule has 0 spiro atoms. The van der Waals surface area contributed by atoms with Gasteiger partial charge < -0.3 is 19.3 Å². The number of fused-ring (bicyclic) bond motifs is 3. The van der Waals surface area contributed by atoms with Crippen molar-refractivity contribution in [3.63, 3.8) is 0 Å². The second-order valence-electron chi connectivity index (χ2n) is 8.82. The molecule has 1 aliphatic carbocycles. The van der Waals surface area contributed by atoms with E-state index in [2.05, 4.69) is 48.5 Å². The largest absolute Gasteiger partial charge is 0.507 e. The second-order valence-corrected chi connectivity index (χ2v) is 8.82. The highest BCUT2D eigenvalue weighted by Gasteiger charge is 2.26. The van der Waals surface area contributed by atoms with E-state index >= 15 is 0 Å². The number of para-hydroxylation sites is 1. The van der Waals surface area contributed by atoms with Gasteiger partial charge in [0.1, 0.15) is 18.0 Å². The van der Waals surface area contributed by atoms with E-state index in [9.17, 15) is 5.11 Å². The van der Waals surface area contributed by atoms with Crippen LogP contribution in [0.4, 0.5) is 0 Å². The van der Waals surface area contributed by atoms with Crippen LogP contribution in [0.3, 0.4) is 0 Å². The predicted molar refractivity (Wildman–Crippen MR) is 139 cm³/mol. The van der Waals surface area contributed by atoms with Gasteiger partial charge in [-0.15, -0.1) is 0 Å². The van der Waals surface area contributed by atoms with E-state index in [0.717, 1.165) is 44.0 Å². The minimum atomic E-state index is 0.328. The van der Waals surface area contributed by atoms with Gasteiger partial charge in [0.05, 0.1) is 26.4 Å². The molecule has 2 unspecified atom stereocenters. The molecule has 2 atom stereocenters. The van der Waals surface area contributed by atoms with Gasteiger partial charge in [0.15, 0.2) is 0 Å². The van der Waals surface area contributed by atoms with E-state index in [4.69, 9.17) is 14.2 Å². The molecule has 0 aromatic heterocycles. The van der Waals surface area contributed by atoms with Gasteiger partial charge in [0, 0.05) is 5.56 Å². The van der Waals surface area contributed by atoms with Crippen molar-refractivity contribution in [2.45, 2.75) is 18.6 Å². The summed E-state index contributed by atoms with van der Waals surface area (Å²) in [5, 5.41) is 9.56. The third-order valence-electron chi connectivity index (χ3n) is 6.11. The Kier molecular flexibility index (Phi) is 7.54. The summed E-state index contributed by atoms with van der Waals surface area (Å²) >= 11 is 0. The molecular formula is C31H30O4. The fourth-order valence-electron chi connectivity index (χ4n) is 4.07. The van der Waals surface area contributed by atoms with Crippen molar-refractivity contribution in [3.8, 4) is 28.0 Å². The molecular weight excluding hydrogens is 436 g/mol. The van der Waals surface area contributed by atoms with E-state index in [0.29, 0.717) is 18.0 Å². The molecule has 2 fully saturated rings. The van der Waals surface area contributed by atoms with Gasteiger partial charge in [0.2, 0.25) is 0 Å². The van der Waals surface area contributed by atoms with Crippen molar-refractivity contribution >= 4 is 0 Å². The Morgan fingerprint density at radius 3 is 1.57 bits per heavy atom. The van der Waals surface area contributed by atoms with E-state index in [1.165, 1.54) is 22.3 Å². The first-order chi connectivity index (χ1) is 17.3. The Morgan fingerprint density at radius 2 is 1.06 bits per heavy atom. The zero-order valence-corrected chi connectivity index (χ0v) is 19.7. The van der Waals surface area contributed by atoms with E-state index in [1.807, 2.05) is 48.5 Å². The van der Waals surface area contributed by atoms with Crippen molar-refractivity contribution in [2.75, 3.05) is 26.4 Å². The number of benzene rings is 4. The first-order valence-corrected chi connectivity index (χ1v) is 12.1. The van der Waals surface area contributed by atoms with Crippen LogP contribution < -0.4 is 0 Å². The number of aromatic hydroxyl groups is 1. The van der Waals surface area contributed by atoms with Gasteiger partial charge >= 0.3 is 0 Å². The summed E-state index contributed by atoms with van der Waals surface area (Å²) in [6.07, 6.45) is 1.89. The van der Waals surface area contributed by atoms with Crippen LogP contribution in [0.1, 0.15) is 11.1 Å². The monoisotopic (exact) mass is 466 g/mol. The quantitative estimate of drug-likeness (QED) is 0.317. The lowest BCUT2D eigenvalue weighted by Gasteiger charge is -2.02. The Bertz CT molecular complexity index is 1170. The van der Waals surface area contributed by atoms with Crippen LogP contribution in [0.25, 0.3) is 22.3 Å².